The highest BCUT2D eigenvalue weighted by Gasteiger charge is 2.36. The standard InChI is InChI=1S/C18H31N3/c1-5-19-17(16-11-10-15(2)20-14-16)18(3,4)21-12-8-6-7-9-13-21/h10-11,14,17,19H,5-9,12-13H2,1-4H3. The summed E-state index contributed by atoms with van der Waals surface area (Å²) in [6.07, 6.45) is 7.46. The van der Waals surface area contributed by atoms with Crippen LogP contribution in [0.15, 0.2) is 18.3 Å². The number of likely N-dealkylation sites (tertiary alicyclic amines) is 1. The highest BCUT2D eigenvalue weighted by molar-refractivity contribution is 5.21. The molecule has 3 heteroatoms. The van der Waals surface area contributed by atoms with E-state index in [0.717, 1.165) is 12.2 Å². The topological polar surface area (TPSA) is 28.2 Å². The molecule has 1 unspecified atom stereocenters. The Hall–Kier alpha value is -0.930. The smallest absolute Gasteiger partial charge is 0.0517 e. The highest BCUT2D eigenvalue weighted by atomic mass is 15.2. The number of hydrogen-bond acceptors (Lipinski definition) is 3. The van der Waals surface area contributed by atoms with Gasteiger partial charge in [0.1, 0.15) is 0 Å². The summed E-state index contributed by atoms with van der Waals surface area (Å²) in [5.74, 6) is 0. The first-order valence-corrected chi connectivity index (χ1v) is 8.46. The van der Waals surface area contributed by atoms with E-state index in [2.05, 4.69) is 48.1 Å². The van der Waals surface area contributed by atoms with E-state index < -0.39 is 0 Å². The normalized spacial score (nSPS) is 19.2. The number of likely N-dealkylation sites (N-methyl/N-ethyl adjacent to an activating group) is 1. The number of aryl methyl sites for hydroxylation is 1. The van der Waals surface area contributed by atoms with Crippen molar-refractivity contribution in [3.63, 3.8) is 0 Å². The molecule has 118 valence electrons. The zero-order valence-corrected chi connectivity index (χ0v) is 14.2. The van der Waals surface area contributed by atoms with Crippen molar-refractivity contribution >= 4 is 0 Å². The maximum Gasteiger partial charge on any atom is 0.0517 e. The van der Waals surface area contributed by atoms with Gasteiger partial charge in [-0.15, -0.1) is 0 Å². The Morgan fingerprint density at radius 3 is 2.38 bits per heavy atom. The molecule has 0 radical (unpaired) electrons. The van der Waals surface area contributed by atoms with Crippen molar-refractivity contribution in [2.75, 3.05) is 19.6 Å². The monoisotopic (exact) mass is 289 g/mol. The van der Waals surface area contributed by atoms with Crippen molar-refractivity contribution in [1.82, 2.24) is 15.2 Å². The number of nitrogens with one attached hydrogen (secondary N) is 1. The van der Waals surface area contributed by atoms with Crippen molar-refractivity contribution in [1.29, 1.82) is 0 Å². The lowest BCUT2D eigenvalue weighted by molar-refractivity contribution is 0.0839. The van der Waals surface area contributed by atoms with Crippen molar-refractivity contribution in [3.05, 3.63) is 29.6 Å². The molecule has 1 fully saturated rings. The molecule has 1 N–H and O–H groups in total. The zero-order chi connectivity index (χ0) is 15.3. The van der Waals surface area contributed by atoms with E-state index in [-0.39, 0.29) is 5.54 Å². The molecule has 0 aromatic carbocycles. The van der Waals surface area contributed by atoms with Gasteiger partial charge in [-0.2, -0.15) is 0 Å². The molecule has 1 aliphatic heterocycles. The lowest BCUT2D eigenvalue weighted by Crippen LogP contribution is -2.53. The minimum atomic E-state index is 0.108. The van der Waals surface area contributed by atoms with Crippen LogP contribution in [-0.4, -0.2) is 35.1 Å². The summed E-state index contributed by atoms with van der Waals surface area (Å²) in [6, 6.07) is 4.68. The van der Waals surface area contributed by atoms with Crippen LogP contribution in [0.25, 0.3) is 0 Å². The van der Waals surface area contributed by atoms with Gasteiger partial charge >= 0.3 is 0 Å². The number of aromatic nitrogens is 1. The maximum atomic E-state index is 4.50. The minimum absolute atomic E-state index is 0.108. The largest absolute Gasteiger partial charge is 0.309 e. The fraction of sp³-hybridized carbons (Fsp3) is 0.722. The second kappa shape index (κ2) is 7.37. The summed E-state index contributed by atoms with van der Waals surface area (Å²) in [7, 11) is 0. The fourth-order valence-corrected chi connectivity index (χ4v) is 3.46. The predicted molar refractivity (Wildman–Crippen MR) is 89.5 cm³/mol. The van der Waals surface area contributed by atoms with E-state index >= 15 is 0 Å². The van der Waals surface area contributed by atoms with E-state index in [9.17, 15) is 0 Å². The number of pyridine rings is 1. The van der Waals surface area contributed by atoms with Gasteiger partial charge in [0.15, 0.2) is 0 Å². The number of hydrogen-bond donors (Lipinski definition) is 1. The van der Waals surface area contributed by atoms with Crippen LogP contribution in [0.4, 0.5) is 0 Å². The summed E-state index contributed by atoms with van der Waals surface area (Å²) in [5, 5.41) is 3.69. The Labute approximate surface area is 130 Å². The number of rotatable bonds is 5. The molecular weight excluding hydrogens is 258 g/mol. The first-order chi connectivity index (χ1) is 10.1. The minimum Gasteiger partial charge on any atom is -0.309 e. The van der Waals surface area contributed by atoms with Crippen LogP contribution in [0.2, 0.25) is 0 Å². The summed E-state index contributed by atoms with van der Waals surface area (Å²) in [4.78, 5) is 7.17. The van der Waals surface area contributed by atoms with Crippen molar-refractivity contribution in [2.45, 2.75) is 65.0 Å². The van der Waals surface area contributed by atoms with Gasteiger partial charge in [-0.3, -0.25) is 9.88 Å². The van der Waals surface area contributed by atoms with Gasteiger partial charge in [0.2, 0.25) is 0 Å². The summed E-state index contributed by atoms with van der Waals surface area (Å²) >= 11 is 0. The van der Waals surface area contributed by atoms with E-state index in [1.54, 1.807) is 0 Å². The molecule has 1 aliphatic rings. The second-order valence-corrected chi connectivity index (χ2v) is 6.78. The third kappa shape index (κ3) is 4.04. The first-order valence-electron chi connectivity index (χ1n) is 8.46. The van der Waals surface area contributed by atoms with Crippen LogP contribution < -0.4 is 5.32 Å². The Bertz CT molecular complexity index is 417. The molecule has 2 rings (SSSR count). The lowest BCUT2D eigenvalue weighted by atomic mass is 9.87. The van der Waals surface area contributed by atoms with Crippen molar-refractivity contribution in [2.24, 2.45) is 0 Å². The van der Waals surface area contributed by atoms with E-state index in [0.29, 0.717) is 6.04 Å². The lowest BCUT2D eigenvalue weighted by Gasteiger charge is -2.44. The van der Waals surface area contributed by atoms with E-state index in [1.165, 1.54) is 44.3 Å². The van der Waals surface area contributed by atoms with Crippen LogP contribution in [0.1, 0.15) is 63.8 Å². The SMILES string of the molecule is CCNC(c1ccc(C)nc1)C(C)(C)N1CCCCCC1. The Balaban J connectivity index is 2.23. The van der Waals surface area contributed by atoms with Crippen LogP contribution in [0.3, 0.4) is 0 Å². The molecule has 0 aliphatic carbocycles. The predicted octanol–water partition coefficient (Wildman–Crippen LogP) is 3.70. The maximum absolute atomic E-state index is 4.50. The Morgan fingerprint density at radius 1 is 1.19 bits per heavy atom. The van der Waals surface area contributed by atoms with Crippen molar-refractivity contribution < 1.29 is 0 Å². The molecule has 1 saturated heterocycles. The molecule has 3 nitrogen and oxygen atoms in total. The third-order valence-electron chi connectivity index (χ3n) is 4.80. The molecule has 1 aromatic heterocycles. The van der Waals surface area contributed by atoms with E-state index in [1.807, 2.05) is 13.1 Å². The molecule has 1 aromatic rings. The summed E-state index contributed by atoms with van der Waals surface area (Å²) in [6.45, 7) is 12.4. The van der Waals surface area contributed by atoms with Crippen LogP contribution in [0.5, 0.6) is 0 Å². The highest BCUT2D eigenvalue weighted by Crippen LogP contribution is 2.32. The Kier molecular flexibility index (Phi) is 5.77. The zero-order valence-electron chi connectivity index (χ0n) is 14.2. The molecule has 2 heterocycles. The fourth-order valence-electron chi connectivity index (χ4n) is 3.46. The van der Waals surface area contributed by atoms with Crippen LogP contribution >= 0.6 is 0 Å². The molecule has 0 spiro atoms. The third-order valence-corrected chi connectivity index (χ3v) is 4.80. The van der Waals surface area contributed by atoms with Gasteiger partial charge in [-0.25, -0.2) is 0 Å². The van der Waals surface area contributed by atoms with Crippen LogP contribution in [0, 0.1) is 6.92 Å². The van der Waals surface area contributed by atoms with E-state index in [4.69, 9.17) is 0 Å². The molecule has 0 amide bonds. The molecular formula is C18H31N3. The summed E-state index contributed by atoms with van der Waals surface area (Å²) in [5.41, 5.74) is 2.50. The van der Waals surface area contributed by atoms with Crippen molar-refractivity contribution in [3.8, 4) is 0 Å². The first kappa shape index (κ1) is 16.4. The molecule has 1 atom stereocenters. The van der Waals surface area contributed by atoms with Crippen LogP contribution in [-0.2, 0) is 0 Å². The number of nitrogens with zero attached hydrogens (tertiary/aromatic N) is 2. The molecule has 0 saturated carbocycles. The molecule has 21 heavy (non-hydrogen) atoms. The average Bonchev–Trinajstić information content (AvgIpc) is 2.75. The average molecular weight is 289 g/mol. The molecule has 0 bridgehead atoms. The van der Waals surface area contributed by atoms with Gasteiger partial charge in [-0.1, -0.05) is 25.8 Å². The quantitative estimate of drug-likeness (QED) is 0.896. The van der Waals surface area contributed by atoms with Gasteiger partial charge in [0.05, 0.1) is 6.04 Å². The Morgan fingerprint density at radius 2 is 1.86 bits per heavy atom. The van der Waals surface area contributed by atoms with Gasteiger partial charge in [-0.05, 0) is 64.9 Å². The van der Waals surface area contributed by atoms with Gasteiger partial charge < -0.3 is 5.32 Å². The van der Waals surface area contributed by atoms with Gasteiger partial charge in [0, 0.05) is 17.4 Å². The summed E-state index contributed by atoms with van der Waals surface area (Å²) < 4.78 is 0. The van der Waals surface area contributed by atoms with Gasteiger partial charge in [0.25, 0.3) is 0 Å². The second-order valence-electron chi connectivity index (χ2n) is 6.78.